The lowest BCUT2D eigenvalue weighted by atomic mass is 10.1. The quantitative estimate of drug-likeness (QED) is 0.690. The van der Waals surface area contributed by atoms with E-state index in [9.17, 15) is 0 Å². The number of nitrogens with zero attached hydrogens (tertiary/aromatic N) is 2. The number of piperidine rings is 1. The van der Waals surface area contributed by atoms with Crippen molar-refractivity contribution in [2.45, 2.75) is 31.7 Å². The third-order valence-corrected chi connectivity index (χ3v) is 3.89. The molecule has 0 spiro atoms. The Morgan fingerprint density at radius 2 is 1.94 bits per heavy atom. The van der Waals surface area contributed by atoms with Crippen LogP contribution in [0.15, 0.2) is 0 Å². The van der Waals surface area contributed by atoms with Crippen molar-refractivity contribution in [1.29, 1.82) is 0 Å². The number of terminal acetylenes is 1. The topological polar surface area (TPSA) is 32.5 Å². The molecule has 1 saturated heterocycles. The zero-order valence-electron chi connectivity index (χ0n) is 10.8. The van der Waals surface area contributed by atoms with E-state index in [1.165, 1.54) is 19.4 Å². The predicted molar refractivity (Wildman–Crippen MR) is 71.6 cm³/mol. The average molecular weight is 235 g/mol. The van der Waals surface area contributed by atoms with Crippen LogP contribution in [-0.4, -0.2) is 55.1 Å². The molecule has 1 saturated carbocycles. The number of nitrogens with two attached hydrogens (primary N) is 1. The van der Waals surface area contributed by atoms with Gasteiger partial charge < -0.3 is 10.6 Å². The first-order valence-electron chi connectivity index (χ1n) is 6.91. The average Bonchev–Trinajstić information content (AvgIpc) is 3.12. The summed E-state index contributed by atoms with van der Waals surface area (Å²) >= 11 is 0. The minimum atomic E-state index is 0.430. The zero-order valence-corrected chi connectivity index (χ0v) is 10.8. The molecule has 2 aliphatic rings. The Morgan fingerprint density at radius 1 is 1.24 bits per heavy atom. The van der Waals surface area contributed by atoms with E-state index < -0.39 is 0 Å². The van der Waals surface area contributed by atoms with E-state index in [2.05, 4.69) is 15.7 Å². The molecule has 1 heterocycles. The van der Waals surface area contributed by atoms with Crippen LogP contribution in [0.1, 0.15) is 25.7 Å². The second kappa shape index (κ2) is 6.39. The highest BCUT2D eigenvalue weighted by Gasteiger charge is 2.24. The van der Waals surface area contributed by atoms with Crippen LogP contribution in [0.2, 0.25) is 0 Å². The molecular weight excluding hydrogens is 210 g/mol. The van der Waals surface area contributed by atoms with Gasteiger partial charge in [-0.3, -0.25) is 4.90 Å². The fraction of sp³-hybridized carbons (Fsp3) is 0.857. The molecule has 96 valence electrons. The maximum atomic E-state index is 5.91. The highest BCUT2D eigenvalue weighted by molar-refractivity contribution is 4.90. The van der Waals surface area contributed by atoms with Gasteiger partial charge in [0.1, 0.15) is 0 Å². The minimum Gasteiger partial charge on any atom is -0.328 e. The summed E-state index contributed by atoms with van der Waals surface area (Å²) in [6.45, 7) is 6.61. The predicted octanol–water partition coefficient (Wildman–Crippen LogP) is 0.755. The molecule has 0 radical (unpaired) electrons. The molecule has 0 bridgehead atoms. The molecule has 17 heavy (non-hydrogen) atoms. The summed E-state index contributed by atoms with van der Waals surface area (Å²) in [5, 5.41) is 0. The zero-order chi connectivity index (χ0) is 12.1. The molecule has 3 nitrogen and oxygen atoms in total. The molecule has 2 fully saturated rings. The van der Waals surface area contributed by atoms with Crippen LogP contribution < -0.4 is 5.73 Å². The maximum absolute atomic E-state index is 5.91. The highest BCUT2D eigenvalue weighted by Crippen LogP contribution is 2.29. The van der Waals surface area contributed by atoms with Crippen LogP contribution in [0.25, 0.3) is 0 Å². The molecule has 3 heteroatoms. The summed E-state index contributed by atoms with van der Waals surface area (Å²) in [5.74, 6) is 3.71. The van der Waals surface area contributed by atoms with Crippen molar-refractivity contribution < 1.29 is 0 Å². The van der Waals surface area contributed by atoms with Crippen LogP contribution in [-0.2, 0) is 0 Å². The smallest absolute Gasteiger partial charge is 0.0599 e. The Labute approximate surface area is 105 Å². The molecule has 2 rings (SSSR count). The van der Waals surface area contributed by atoms with Gasteiger partial charge in [0.05, 0.1) is 6.54 Å². The Hall–Kier alpha value is -0.560. The highest BCUT2D eigenvalue weighted by atomic mass is 15.2. The van der Waals surface area contributed by atoms with Gasteiger partial charge in [-0.05, 0) is 44.7 Å². The van der Waals surface area contributed by atoms with Crippen molar-refractivity contribution in [3.8, 4) is 12.3 Å². The second-order valence-corrected chi connectivity index (χ2v) is 5.56. The summed E-state index contributed by atoms with van der Waals surface area (Å²) in [7, 11) is 0. The first kappa shape index (κ1) is 12.9. The van der Waals surface area contributed by atoms with Gasteiger partial charge in [-0.1, -0.05) is 5.92 Å². The van der Waals surface area contributed by atoms with Crippen LogP contribution in [0, 0.1) is 18.3 Å². The van der Waals surface area contributed by atoms with E-state index in [0.717, 1.165) is 51.5 Å². The summed E-state index contributed by atoms with van der Waals surface area (Å²) in [5.41, 5.74) is 5.91. The van der Waals surface area contributed by atoms with E-state index in [1.807, 2.05) is 0 Å². The molecule has 0 aromatic carbocycles. The Balaban J connectivity index is 1.65. The molecule has 0 aromatic heterocycles. The summed E-state index contributed by atoms with van der Waals surface area (Å²) in [4.78, 5) is 4.96. The van der Waals surface area contributed by atoms with Gasteiger partial charge in [0, 0.05) is 25.7 Å². The third-order valence-electron chi connectivity index (χ3n) is 3.89. The SMILES string of the molecule is C#CCN(CCN1CCC(N)CC1)CC1CC1. The van der Waals surface area contributed by atoms with Gasteiger partial charge in [0.2, 0.25) is 0 Å². The minimum absolute atomic E-state index is 0.430. The Kier molecular flexibility index (Phi) is 4.85. The fourth-order valence-corrected chi connectivity index (χ4v) is 2.49. The Bertz CT molecular complexity index is 259. The molecule has 2 N–H and O–H groups in total. The summed E-state index contributed by atoms with van der Waals surface area (Å²) < 4.78 is 0. The van der Waals surface area contributed by atoms with Gasteiger partial charge in [-0.2, -0.15) is 0 Å². The first-order chi connectivity index (χ1) is 8.28. The van der Waals surface area contributed by atoms with Crippen molar-refractivity contribution in [2.24, 2.45) is 11.7 Å². The lowest BCUT2D eigenvalue weighted by molar-refractivity contribution is 0.178. The number of hydrogen-bond acceptors (Lipinski definition) is 3. The lowest BCUT2D eigenvalue weighted by Gasteiger charge is -2.31. The van der Waals surface area contributed by atoms with Crippen molar-refractivity contribution in [3.63, 3.8) is 0 Å². The Morgan fingerprint density at radius 3 is 2.53 bits per heavy atom. The first-order valence-corrected chi connectivity index (χ1v) is 6.91. The van der Waals surface area contributed by atoms with E-state index in [4.69, 9.17) is 12.2 Å². The molecule has 1 aliphatic carbocycles. The summed E-state index contributed by atoms with van der Waals surface area (Å²) in [6, 6.07) is 0.430. The van der Waals surface area contributed by atoms with Crippen LogP contribution >= 0.6 is 0 Å². The number of likely N-dealkylation sites (tertiary alicyclic amines) is 1. The van der Waals surface area contributed by atoms with Crippen LogP contribution in [0.5, 0.6) is 0 Å². The molecule has 0 aromatic rings. The molecule has 1 aliphatic heterocycles. The lowest BCUT2D eigenvalue weighted by Crippen LogP contribution is -2.43. The number of hydrogen-bond donors (Lipinski definition) is 1. The monoisotopic (exact) mass is 235 g/mol. The van der Waals surface area contributed by atoms with E-state index in [1.54, 1.807) is 0 Å². The molecule has 0 unspecified atom stereocenters. The van der Waals surface area contributed by atoms with Crippen molar-refractivity contribution in [1.82, 2.24) is 9.80 Å². The fourth-order valence-electron chi connectivity index (χ4n) is 2.49. The second-order valence-electron chi connectivity index (χ2n) is 5.56. The molecule has 0 amide bonds. The molecular formula is C14H25N3. The van der Waals surface area contributed by atoms with Gasteiger partial charge in [0.15, 0.2) is 0 Å². The standard InChI is InChI=1S/C14H25N3/c1-2-7-17(12-13-3-4-13)11-10-16-8-5-14(15)6-9-16/h1,13-14H,3-12,15H2. The number of rotatable bonds is 6. The van der Waals surface area contributed by atoms with Crippen LogP contribution in [0.4, 0.5) is 0 Å². The maximum Gasteiger partial charge on any atom is 0.0599 e. The van der Waals surface area contributed by atoms with Crippen molar-refractivity contribution in [2.75, 3.05) is 39.3 Å². The van der Waals surface area contributed by atoms with Crippen LogP contribution in [0.3, 0.4) is 0 Å². The van der Waals surface area contributed by atoms with E-state index >= 15 is 0 Å². The normalized spacial score (nSPS) is 22.9. The van der Waals surface area contributed by atoms with Crippen molar-refractivity contribution >= 4 is 0 Å². The van der Waals surface area contributed by atoms with Crippen molar-refractivity contribution in [3.05, 3.63) is 0 Å². The third kappa shape index (κ3) is 4.67. The van der Waals surface area contributed by atoms with E-state index in [-0.39, 0.29) is 0 Å². The van der Waals surface area contributed by atoms with Gasteiger partial charge in [-0.25, -0.2) is 0 Å². The van der Waals surface area contributed by atoms with Gasteiger partial charge in [-0.15, -0.1) is 6.42 Å². The van der Waals surface area contributed by atoms with Gasteiger partial charge >= 0.3 is 0 Å². The molecule has 0 atom stereocenters. The summed E-state index contributed by atoms with van der Waals surface area (Å²) in [6.07, 6.45) is 10.5. The van der Waals surface area contributed by atoms with E-state index in [0.29, 0.717) is 6.04 Å². The van der Waals surface area contributed by atoms with Gasteiger partial charge in [0.25, 0.3) is 0 Å². The largest absolute Gasteiger partial charge is 0.328 e.